The molecule has 0 heterocycles. The first-order valence-electron chi connectivity index (χ1n) is 7.09. The van der Waals surface area contributed by atoms with Gasteiger partial charge in [0.05, 0.1) is 5.56 Å². The summed E-state index contributed by atoms with van der Waals surface area (Å²) in [6.45, 7) is 9.87. The largest absolute Gasteiger partial charge is 0.398 e. The number of nitrogens with two attached hydrogens (primary N) is 1. The van der Waals surface area contributed by atoms with Crippen LogP contribution >= 0.6 is 0 Å². The highest BCUT2D eigenvalue weighted by Crippen LogP contribution is 2.25. The van der Waals surface area contributed by atoms with Gasteiger partial charge in [-0.15, -0.1) is 0 Å². The summed E-state index contributed by atoms with van der Waals surface area (Å²) in [5.74, 6) is 0.587. The van der Waals surface area contributed by atoms with E-state index < -0.39 is 0 Å². The van der Waals surface area contributed by atoms with Crippen molar-refractivity contribution >= 4 is 11.4 Å². The summed E-state index contributed by atoms with van der Waals surface area (Å²) in [6.07, 6.45) is 2.21. The van der Waals surface area contributed by atoms with Crippen molar-refractivity contribution in [3.8, 4) is 6.07 Å². The zero-order valence-corrected chi connectivity index (χ0v) is 12.5. The van der Waals surface area contributed by atoms with E-state index in [1.165, 1.54) is 0 Å². The average Bonchev–Trinajstić information content (AvgIpc) is 2.39. The van der Waals surface area contributed by atoms with Crippen molar-refractivity contribution in [3.63, 3.8) is 0 Å². The first-order valence-corrected chi connectivity index (χ1v) is 7.09. The maximum Gasteiger partial charge on any atom is 0.101 e. The molecule has 0 bridgehead atoms. The van der Waals surface area contributed by atoms with Crippen LogP contribution in [0.25, 0.3) is 0 Å². The third-order valence-corrected chi connectivity index (χ3v) is 3.43. The molecule has 0 aliphatic rings. The molecule has 2 N–H and O–H groups in total. The Morgan fingerprint density at radius 3 is 2.37 bits per heavy atom. The fraction of sp³-hybridized carbons (Fsp3) is 0.562. The number of nitrogens with zero attached hydrogens (tertiary/aromatic N) is 2. The lowest BCUT2D eigenvalue weighted by atomic mass is 10.0. The molecule has 0 fully saturated rings. The summed E-state index contributed by atoms with van der Waals surface area (Å²) in [5.41, 5.74) is 8.03. The molecule has 1 rings (SSSR count). The first-order chi connectivity index (χ1) is 9.03. The van der Waals surface area contributed by atoms with Gasteiger partial charge in [0.1, 0.15) is 6.07 Å². The molecule has 0 spiro atoms. The molecule has 19 heavy (non-hydrogen) atoms. The van der Waals surface area contributed by atoms with Crippen LogP contribution in [0.2, 0.25) is 0 Å². The van der Waals surface area contributed by atoms with E-state index in [4.69, 9.17) is 11.0 Å². The number of rotatable bonds is 6. The van der Waals surface area contributed by atoms with Gasteiger partial charge in [-0.1, -0.05) is 27.7 Å². The predicted molar refractivity (Wildman–Crippen MR) is 82.1 cm³/mol. The minimum atomic E-state index is 0.512. The van der Waals surface area contributed by atoms with Crippen molar-refractivity contribution in [2.75, 3.05) is 17.2 Å². The standard InChI is InChI=1S/C16H25N3/c1-5-14(6-2)19(11-12(3)4)15-7-8-16(18)13(9-15)10-17/h7-9,12,14H,5-6,11,18H2,1-4H3. The fourth-order valence-electron chi connectivity index (χ4n) is 2.41. The van der Waals surface area contributed by atoms with Crippen LogP contribution in [0.3, 0.4) is 0 Å². The second kappa shape index (κ2) is 7.04. The fourth-order valence-corrected chi connectivity index (χ4v) is 2.41. The summed E-state index contributed by atoms with van der Waals surface area (Å²) < 4.78 is 0. The number of hydrogen-bond acceptors (Lipinski definition) is 3. The lowest BCUT2D eigenvalue weighted by Crippen LogP contribution is -2.37. The lowest BCUT2D eigenvalue weighted by molar-refractivity contribution is 0.507. The Hall–Kier alpha value is -1.69. The number of nitrogen functional groups attached to an aromatic ring is 1. The zero-order chi connectivity index (χ0) is 14.4. The molecule has 0 atom stereocenters. The Labute approximate surface area is 117 Å². The topological polar surface area (TPSA) is 53.0 Å². The van der Waals surface area contributed by atoms with Gasteiger partial charge in [0.2, 0.25) is 0 Å². The van der Waals surface area contributed by atoms with E-state index in [0.29, 0.717) is 23.2 Å². The van der Waals surface area contributed by atoms with Crippen molar-refractivity contribution in [3.05, 3.63) is 23.8 Å². The molecule has 0 aromatic heterocycles. The lowest BCUT2D eigenvalue weighted by Gasteiger charge is -2.34. The van der Waals surface area contributed by atoms with Gasteiger partial charge in [0.15, 0.2) is 0 Å². The van der Waals surface area contributed by atoms with Gasteiger partial charge in [-0.2, -0.15) is 5.26 Å². The second-order valence-electron chi connectivity index (χ2n) is 5.40. The van der Waals surface area contributed by atoms with Gasteiger partial charge in [-0.3, -0.25) is 0 Å². The summed E-state index contributed by atoms with van der Waals surface area (Å²) in [5, 5.41) is 9.11. The highest BCUT2D eigenvalue weighted by molar-refractivity contribution is 5.63. The number of benzene rings is 1. The summed E-state index contributed by atoms with van der Waals surface area (Å²) >= 11 is 0. The highest BCUT2D eigenvalue weighted by Gasteiger charge is 2.17. The van der Waals surface area contributed by atoms with Crippen LogP contribution < -0.4 is 10.6 Å². The normalized spacial score (nSPS) is 10.8. The molecule has 0 saturated heterocycles. The third-order valence-electron chi connectivity index (χ3n) is 3.43. The molecule has 3 heteroatoms. The van der Waals surface area contributed by atoms with Gasteiger partial charge in [-0.25, -0.2) is 0 Å². The van der Waals surface area contributed by atoms with Crippen LogP contribution in [0.15, 0.2) is 18.2 Å². The van der Waals surface area contributed by atoms with E-state index in [-0.39, 0.29) is 0 Å². The second-order valence-corrected chi connectivity index (χ2v) is 5.40. The summed E-state index contributed by atoms with van der Waals surface area (Å²) in [6, 6.07) is 8.45. The Kier molecular flexibility index (Phi) is 5.69. The molecule has 0 radical (unpaired) electrons. The Balaban J connectivity index is 3.13. The third kappa shape index (κ3) is 3.89. The van der Waals surface area contributed by atoms with Gasteiger partial charge in [-0.05, 0) is 37.0 Å². The monoisotopic (exact) mass is 259 g/mol. The highest BCUT2D eigenvalue weighted by atomic mass is 15.2. The smallest absolute Gasteiger partial charge is 0.101 e. The Bertz CT molecular complexity index is 442. The average molecular weight is 259 g/mol. The van der Waals surface area contributed by atoms with Gasteiger partial charge < -0.3 is 10.6 Å². The van der Waals surface area contributed by atoms with Crippen LogP contribution in [0, 0.1) is 17.2 Å². The van der Waals surface area contributed by atoms with E-state index in [9.17, 15) is 0 Å². The van der Waals surface area contributed by atoms with Crippen LogP contribution in [0.5, 0.6) is 0 Å². The summed E-state index contributed by atoms with van der Waals surface area (Å²) in [7, 11) is 0. The molecule has 104 valence electrons. The van der Waals surface area contributed by atoms with Crippen LogP contribution in [-0.4, -0.2) is 12.6 Å². The molecule has 0 aliphatic carbocycles. The van der Waals surface area contributed by atoms with Gasteiger partial charge in [0, 0.05) is 24.0 Å². The molecule has 0 amide bonds. The van der Waals surface area contributed by atoms with E-state index in [2.05, 4.69) is 38.7 Å². The maximum absolute atomic E-state index is 9.11. The van der Waals surface area contributed by atoms with E-state index in [1.54, 1.807) is 0 Å². The molecule has 0 saturated carbocycles. The molecule has 0 aliphatic heterocycles. The summed E-state index contributed by atoms with van der Waals surface area (Å²) in [4.78, 5) is 2.41. The maximum atomic E-state index is 9.11. The minimum Gasteiger partial charge on any atom is -0.398 e. The molecule has 0 unspecified atom stereocenters. The number of hydrogen-bond donors (Lipinski definition) is 1. The van der Waals surface area contributed by atoms with E-state index in [1.807, 2.05) is 18.2 Å². The van der Waals surface area contributed by atoms with Crippen molar-refractivity contribution in [2.45, 2.75) is 46.6 Å². The SMILES string of the molecule is CCC(CC)N(CC(C)C)c1ccc(N)c(C#N)c1. The van der Waals surface area contributed by atoms with Crippen molar-refractivity contribution in [1.29, 1.82) is 5.26 Å². The predicted octanol–water partition coefficient (Wildman–Crippen LogP) is 3.79. The van der Waals surface area contributed by atoms with E-state index >= 15 is 0 Å². The first kappa shape index (κ1) is 15.4. The van der Waals surface area contributed by atoms with Crippen LogP contribution in [0.4, 0.5) is 11.4 Å². The number of nitriles is 1. The Morgan fingerprint density at radius 2 is 1.89 bits per heavy atom. The van der Waals surface area contributed by atoms with Gasteiger partial charge >= 0.3 is 0 Å². The van der Waals surface area contributed by atoms with Crippen LogP contribution in [0.1, 0.15) is 46.1 Å². The van der Waals surface area contributed by atoms with E-state index in [0.717, 1.165) is 25.1 Å². The number of anilines is 2. The van der Waals surface area contributed by atoms with Crippen molar-refractivity contribution < 1.29 is 0 Å². The molecule has 1 aromatic rings. The molecule has 3 nitrogen and oxygen atoms in total. The molecule has 1 aromatic carbocycles. The van der Waals surface area contributed by atoms with Crippen molar-refractivity contribution in [2.24, 2.45) is 5.92 Å². The zero-order valence-electron chi connectivity index (χ0n) is 12.5. The molecular weight excluding hydrogens is 234 g/mol. The Morgan fingerprint density at radius 1 is 1.26 bits per heavy atom. The van der Waals surface area contributed by atoms with Gasteiger partial charge in [0.25, 0.3) is 0 Å². The van der Waals surface area contributed by atoms with Crippen molar-refractivity contribution in [1.82, 2.24) is 0 Å². The quantitative estimate of drug-likeness (QED) is 0.791. The minimum absolute atomic E-state index is 0.512. The molecular formula is C16H25N3. The van der Waals surface area contributed by atoms with Crippen LogP contribution in [-0.2, 0) is 0 Å².